The number of hydrogen-bond donors (Lipinski definition) is 1. The van der Waals surface area contributed by atoms with E-state index in [4.69, 9.17) is 0 Å². The third kappa shape index (κ3) is 3.40. The van der Waals surface area contributed by atoms with Gasteiger partial charge in [-0.2, -0.15) is 0 Å². The molecule has 5 nitrogen and oxygen atoms in total. The molecular weight excluding hydrogens is 246 g/mol. The standard InChI is InChI=1S/C12H15N5S/c1-8-4-9(2)17-12(16-8)18-7-10-5-15-11(13-3)6-14-10/h4-6H,7H2,1-3H3,(H,13,15). The largest absolute Gasteiger partial charge is 0.372 e. The summed E-state index contributed by atoms with van der Waals surface area (Å²) in [5.41, 5.74) is 2.89. The van der Waals surface area contributed by atoms with Crippen molar-refractivity contribution in [3.05, 3.63) is 35.5 Å². The van der Waals surface area contributed by atoms with Crippen molar-refractivity contribution in [2.45, 2.75) is 24.8 Å². The second-order valence-corrected chi connectivity index (χ2v) is 4.81. The molecule has 0 atom stereocenters. The Bertz CT molecular complexity index is 506. The highest BCUT2D eigenvalue weighted by Crippen LogP contribution is 2.18. The summed E-state index contributed by atoms with van der Waals surface area (Å²) in [6.07, 6.45) is 3.49. The smallest absolute Gasteiger partial charge is 0.188 e. The lowest BCUT2D eigenvalue weighted by Gasteiger charge is -2.03. The first-order valence-electron chi connectivity index (χ1n) is 5.61. The SMILES string of the molecule is CNc1cnc(CSc2nc(C)cc(C)n2)cn1. The van der Waals surface area contributed by atoms with Crippen LogP contribution in [0.4, 0.5) is 5.82 Å². The molecule has 0 fully saturated rings. The lowest BCUT2D eigenvalue weighted by atomic mass is 10.4. The van der Waals surface area contributed by atoms with Crippen molar-refractivity contribution in [3.8, 4) is 0 Å². The number of thioether (sulfide) groups is 1. The van der Waals surface area contributed by atoms with Crippen LogP contribution in [-0.4, -0.2) is 27.0 Å². The van der Waals surface area contributed by atoms with Gasteiger partial charge in [0, 0.05) is 24.2 Å². The molecule has 0 aliphatic rings. The van der Waals surface area contributed by atoms with Gasteiger partial charge in [-0.1, -0.05) is 11.8 Å². The van der Waals surface area contributed by atoms with E-state index in [1.54, 1.807) is 24.2 Å². The van der Waals surface area contributed by atoms with Crippen molar-refractivity contribution in [1.29, 1.82) is 0 Å². The molecule has 94 valence electrons. The van der Waals surface area contributed by atoms with E-state index < -0.39 is 0 Å². The van der Waals surface area contributed by atoms with Crippen LogP contribution in [0.15, 0.2) is 23.6 Å². The van der Waals surface area contributed by atoms with Gasteiger partial charge in [0.2, 0.25) is 0 Å². The Morgan fingerprint density at radius 2 is 1.83 bits per heavy atom. The summed E-state index contributed by atoms with van der Waals surface area (Å²) in [5, 5.41) is 3.72. The molecule has 18 heavy (non-hydrogen) atoms. The van der Waals surface area contributed by atoms with E-state index in [1.807, 2.05) is 27.0 Å². The number of anilines is 1. The monoisotopic (exact) mass is 261 g/mol. The van der Waals surface area contributed by atoms with Crippen LogP contribution in [0.1, 0.15) is 17.1 Å². The van der Waals surface area contributed by atoms with Crippen molar-refractivity contribution in [2.75, 3.05) is 12.4 Å². The van der Waals surface area contributed by atoms with Crippen LogP contribution < -0.4 is 5.32 Å². The fourth-order valence-corrected chi connectivity index (χ4v) is 2.30. The summed E-state index contributed by atoms with van der Waals surface area (Å²) in [7, 11) is 1.82. The van der Waals surface area contributed by atoms with Gasteiger partial charge in [-0.05, 0) is 19.9 Å². The van der Waals surface area contributed by atoms with Crippen LogP contribution in [0.3, 0.4) is 0 Å². The van der Waals surface area contributed by atoms with Crippen molar-refractivity contribution in [3.63, 3.8) is 0 Å². The average molecular weight is 261 g/mol. The Morgan fingerprint density at radius 3 is 2.39 bits per heavy atom. The molecule has 0 amide bonds. The molecule has 0 aromatic carbocycles. The molecule has 0 aliphatic heterocycles. The van der Waals surface area contributed by atoms with Crippen LogP contribution in [0.2, 0.25) is 0 Å². The summed E-state index contributed by atoms with van der Waals surface area (Å²) in [6, 6.07) is 1.96. The van der Waals surface area contributed by atoms with E-state index in [0.717, 1.165) is 33.8 Å². The minimum atomic E-state index is 0.722. The lowest BCUT2D eigenvalue weighted by Crippen LogP contribution is -1.97. The van der Waals surface area contributed by atoms with Gasteiger partial charge in [0.25, 0.3) is 0 Å². The predicted molar refractivity (Wildman–Crippen MR) is 72.6 cm³/mol. The molecule has 1 N–H and O–H groups in total. The Kier molecular flexibility index (Phi) is 4.09. The van der Waals surface area contributed by atoms with Crippen molar-refractivity contribution >= 4 is 17.6 Å². The maximum atomic E-state index is 4.37. The first kappa shape index (κ1) is 12.8. The zero-order valence-corrected chi connectivity index (χ0v) is 11.5. The molecule has 0 aliphatic carbocycles. The fourth-order valence-electron chi connectivity index (χ4n) is 1.46. The third-order valence-corrected chi connectivity index (χ3v) is 3.15. The summed E-state index contributed by atoms with van der Waals surface area (Å²) < 4.78 is 0. The second-order valence-electron chi connectivity index (χ2n) is 3.86. The third-order valence-electron chi connectivity index (χ3n) is 2.27. The highest BCUT2D eigenvalue weighted by atomic mass is 32.2. The number of aromatic nitrogens is 4. The topological polar surface area (TPSA) is 63.6 Å². The molecule has 0 radical (unpaired) electrons. The highest BCUT2D eigenvalue weighted by Gasteiger charge is 2.03. The molecule has 0 spiro atoms. The van der Waals surface area contributed by atoms with Gasteiger partial charge in [-0.3, -0.25) is 4.98 Å². The van der Waals surface area contributed by atoms with E-state index in [2.05, 4.69) is 25.3 Å². The van der Waals surface area contributed by atoms with Crippen molar-refractivity contribution in [1.82, 2.24) is 19.9 Å². The van der Waals surface area contributed by atoms with Gasteiger partial charge in [0.15, 0.2) is 5.16 Å². The summed E-state index contributed by atoms with van der Waals surface area (Å²) in [4.78, 5) is 17.3. The molecule has 0 bridgehead atoms. The van der Waals surface area contributed by atoms with Gasteiger partial charge in [-0.15, -0.1) is 0 Å². The van der Waals surface area contributed by atoms with Crippen LogP contribution in [0.5, 0.6) is 0 Å². The number of nitrogens with one attached hydrogen (secondary N) is 1. The molecule has 2 aromatic heterocycles. The quantitative estimate of drug-likeness (QED) is 0.672. The summed E-state index contributed by atoms with van der Waals surface area (Å²) >= 11 is 1.57. The van der Waals surface area contributed by atoms with E-state index in [0.29, 0.717) is 0 Å². The lowest BCUT2D eigenvalue weighted by molar-refractivity contribution is 0.900. The number of nitrogens with zero attached hydrogens (tertiary/aromatic N) is 4. The highest BCUT2D eigenvalue weighted by molar-refractivity contribution is 7.98. The van der Waals surface area contributed by atoms with Crippen molar-refractivity contribution in [2.24, 2.45) is 0 Å². The molecule has 0 unspecified atom stereocenters. The molecule has 2 aromatic rings. The summed E-state index contributed by atoms with van der Waals surface area (Å²) in [5.74, 6) is 1.49. The molecule has 0 saturated carbocycles. The second kappa shape index (κ2) is 5.77. The number of aryl methyl sites for hydroxylation is 2. The Hall–Kier alpha value is -1.69. The molecule has 6 heteroatoms. The maximum absolute atomic E-state index is 4.37. The minimum absolute atomic E-state index is 0.722. The predicted octanol–water partition coefficient (Wildman–Crippen LogP) is 2.22. The average Bonchev–Trinajstić information content (AvgIpc) is 2.36. The van der Waals surface area contributed by atoms with Crippen molar-refractivity contribution < 1.29 is 0 Å². The zero-order chi connectivity index (χ0) is 13.0. The van der Waals surface area contributed by atoms with E-state index in [9.17, 15) is 0 Å². The number of hydrogen-bond acceptors (Lipinski definition) is 6. The van der Waals surface area contributed by atoms with Gasteiger partial charge in [0.05, 0.1) is 18.1 Å². The molecule has 2 heterocycles. The molecular formula is C12H15N5S. The maximum Gasteiger partial charge on any atom is 0.188 e. The van der Waals surface area contributed by atoms with Crippen LogP contribution in [0.25, 0.3) is 0 Å². The Balaban J connectivity index is 2.01. The first-order valence-corrected chi connectivity index (χ1v) is 6.59. The fraction of sp³-hybridized carbons (Fsp3) is 0.333. The van der Waals surface area contributed by atoms with Gasteiger partial charge < -0.3 is 5.32 Å². The summed E-state index contributed by atoms with van der Waals surface area (Å²) in [6.45, 7) is 3.94. The first-order chi connectivity index (χ1) is 8.67. The van der Waals surface area contributed by atoms with Gasteiger partial charge in [-0.25, -0.2) is 15.0 Å². The van der Waals surface area contributed by atoms with Crippen LogP contribution in [-0.2, 0) is 5.75 Å². The molecule has 0 saturated heterocycles. The van der Waals surface area contributed by atoms with Crippen LogP contribution >= 0.6 is 11.8 Å². The van der Waals surface area contributed by atoms with Gasteiger partial charge >= 0.3 is 0 Å². The van der Waals surface area contributed by atoms with E-state index >= 15 is 0 Å². The minimum Gasteiger partial charge on any atom is -0.372 e. The normalized spacial score (nSPS) is 10.4. The Labute approximate surface area is 110 Å². The Morgan fingerprint density at radius 1 is 1.11 bits per heavy atom. The van der Waals surface area contributed by atoms with E-state index in [1.165, 1.54) is 0 Å². The zero-order valence-electron chi connectivity index (χ0n) is 10.6. The van der Waals surface area contributed by atoms with Gasteiger partial charge in [0.1, 0.15) is 5.82 Å². The molecule has 2 rings (SSSR count). The van der Waals surface area contributed by atoms with Crippen LogP contribution in [0, 0.1) is 13.8 Å². The van der Waals surface area contributed by atoms with E-state index in [-0.39, 0.29) is 0 Å². The number of rotatable bonds is 4.